The number of carbonyl (C=O) groups excluding carboxylic acids is 1. The van der Waals surface area contributed by atoms with Gasteiger partial charge in [0.05, 0.1) is 11.5 Å². The number of nitro benzene ring substituents is 1. The molecule has 2 rings (SSSR count). The lowest BCUT2D eigenvalue weighted by Crippen LogP contribution is -1.97. The van der Waals surface area contributed by atoms with E-state index in [9.17, 15) is 14.9 Å². The molecule has 0 bridgehead atoms. The van der Waals surface area contributed by atoms with Crippen LogP contribution >= 0.6 is 0 Å². The van der Waals surface area contributed by atoms with Gasteiger partial charge in [0.2, 0.25) is 0 Å². The molecule has 1 aliphatic heterocycles. The van der Waals surface area contributed by atoms with Crippen molar-refractivity contribution in [2.24, 2.45) is 0 Å². The zero-order valence-electron chi connectivity index (χ0n) is 7.17. The number of benzene rings is 1. The smallest absolute Gasteiger partial charge is 0.269 e. The molecular weight excluding hydrogens is 186 g/mol. The second-order valence-electron chi connectivity index (χ2n) is 3.01. The third-order valence-electron chi connectivity index (χ3n) is 2.19. The molecule has 1 atom stereocenters. The lowest BCUT2D eigenvalue weighted by atomic mass is 10.1. The van der Waals surface area contributed by atoms with E-state index in [1.165, 1.54) is 12.1 Å². The van der Waals surface area contributed by atoms with E-state index in [1.807, 2.05) is 0 Å². The van der Waals surface area contributed by atoms with Gasteiger partial charge in [0.1, 0.15) is 6.10 Å². The number of nitrogens with zero attached hydrogens (tertiary/aromatic N) is 1. The van der Waals surface area contributed by atoms with Gasteiger partial charge in [-0.15, -0.1) is 0 Å². The van der Waals surface area contributed by atoms with Crippen LogP contribution in [0.5, 0.6) is 0 Å². The average Bonchev–Trinajstić information content (AvgIpc) is 2.59. The fraction of sp³-hybridized carbons (Fsp3) is 0.222. The molecule has 5 heteroatoms. The normalized spacial score (nSPS) is 19.0. The minimum absolute atomic E-state index is 0.0129. The first-order valence-corrected chi connectivity index (χ1v) is 4.06. The van der Waals surface area contributed by atoms with E-state index in [2.05, 4.69) is 0 Å². The van der Waals surface area contributed by atoms with Crippen LogP contribution in [0.2, 0.25) is 0 Å². The van der Waals surface area contributed by atoms with Crippen molar-refractivity contribution in [2.75, 3.05) is 0 Å². The molecule has 0 aromatic heterocycles. The van der Waals surface area contributed by atoms with Crippen molar-refractivity contribution in [1.29, 1.82) is 0 Å². The molecule has 0 aliphatic carbocycles. The maximum atomic E-state index is 10.6. The number of ether oxygens (including phenoxy) is 1. The Morgan fingerprint density at radius 1 is 1.57 bits per heavy atom. The summed E-state index contributed by atoms with van der Waals surface area (Å²) in [5, 5.41) is 10.5. The van der Waals surface area contributed by atoms with E-state index in [0.29, 0.717) is 18.5 Å². The van der Waals surface area contributed by atoms with E-state index in [1.54, 1.807) is 6.07 Å². The SMILES string of the molecule is O=CC1OCc2ccc([N+](=O)[O-])cc21. The first kappa shape index (κ1) is 8.83. The Labute approximate surface area is 79.4 Å². The van der Waals surface area contributed by atoms with Gasteiger partial charge in [-0.2, -0.15) is 0 Å². The van der Waals surface area contributed by atoms with Crippen LogP contribution in [0.15, 0.2) is 18.2 Å². The van der Waals surface area contributed by atoms with E-state index in [-0.39, 0.29) is 5.69 Å². The molecule has 5 nitrogen and oxygen atoms in total. The summed E-state index contributed by atoms with van der Waals surface area (Å²) < 4.78 is 5.12. The highest BCUT2D eigenvalue weighted by molar-refractivity contribution is 5.63. The van der Waals surface area contributed by atoms with E-state index in [0.717, 1.165) is 5.56 Å². The Balaban J connectivity index is 2.47. The van der Waals surface area contributed by atoms with Crippen LogP contribution < -0.4 is 0 Å². The topological polar surface area (TPSA) is 69.4 Å². The third kappa shape index (κ3) is 1.27. The molecule has 1 unspecified atom stereocenters. The minimum Gasteiger partial charge on any atom is -0.361 e. The number of hydrogen-bond donors (Lipinski definition) is 0. The Morgan fingerprint density at radius 3 is 3.00 bits per heavy atom. The van der Waals surface area contributed by atoms with Crippen LogP contribution in [-0.4, -0.2) is 11.2 Å². The zero-order valence-corrected chi connectivity index (χ0v) is 7.17. The Morgan fingerprint density at radius 2 is 2.36 bits per heavy atom. The van der Waals surface area contributed by atoms with Crippen LogP contribution in [0.4, 0.5) is 5.69 Å². The number of aldehydes is 1. The van der Waals surface area contributed by atoms with Gasteiger partial charge in [-0.25, -0.2) is 0 Å². The molecule has 0 amide bonds. The zero-order chi connectivity index (χ0) is 10.1. The standard InChI is InChI=1S/C9H7NO4/c11-4-9-8-3-7(10(12)13)2-1-6(8)5-14-9/h1-4,9H,5H2. The van der Waals surface area contributed by atoms with Crippen LogP contribution in [0.3, 0.4) is 0 Å². The van der Waals surface area contributed by atoms with Gasteiger partial charge in [0.25, 0.3) is 5.69 Å². The quantitative estimate of drug-likeness (QED) is 0.404. The van der Waals surface area contributed by atoms with Gasteiger partial charge in [-0.1, -0.05) is 0 Å². The van der Waals surface area contributed by atoms with Gasteiger partial charge in [0, 0.05) is 17.7 Å². The molecule has 0 saturated heterocycles. The maximum Gasteiger partial charge on any atom is 0.269 e. The monoisotopic (exact) mass is 193 g/mol. The summed E-state index contributed by atoms with van der Waals surface area (Å²) in [5.41, 5.74) is 1.43. The summed E-state index contributed by atoms with van der Waals surface area (Å²) in [4.78, 5) is 20.5. The predicted molar refractivity (Wildman–Crippen MR) is 46.7 cm³/mol. The third-order valence-corrected chi connectivity index (χ3v) is 2.19. The van der Waals surface area contributed by atoms with E-state index in [4.69, 9.17) is 4.74 Å². The van der Waals surface area contributed by atoms with Crippen molar-refractivity contribution in [3.8, 4) is 0 Å². The highest BCUT2D eigenvalue weighted by Gasteiger charge is 2.24. The first-order valence-electron chi connectivity index (χ1n) is 4.06. The number of nitro groups is 1. The number of carbonyl (C=O) groups is 1. The molecule has 0 spiro atoms. The van der Waals surface area contributed by atoms with Crippen LogP contribution in [0, 0.1) is 10.1 Å². The summed E-state index contributed by atoms with van der Waals surface area (Å²) in [6, 6.07) is 4.42. The van der Waals surface area contributed by atoms with Crippen molar-refractivity contribution in [3.63, 3.8) is 0 Å². The second-order valence-corrected chi connectivity index (χ2v) is 3.01. The molecule has 0 radical (unpaired) electrons. The lowest BCUT2D eigenvalue weighted by Gasteiger charge is -2.00. The van der Waals surface area contributed by atoms with Crippen LogP contribution in [0.25, 0.3) is 0 Å². The summed E-state index contributed by atoms with van der Waals surface area (Å²) >= 11 is 0. The number of fused-ring (bicyclic) bond motifs is 1. The molecule has 1 heterocycles. The first-order chi connectivity index (χ1) is 6.72. The Bertz CT molecular complexity index is 402. The van der Waals surface area contributed by atoms with Gasteiger partial charge < -0.3 is 9.53 Å². The van der Waals surface area contributed by atoms with Gasteiger partial charge in [-0.3, -0.25) is 10.1 Å². The van der Waals surface area contributed by atoms with E-state index < -0.39 is 11.0 Å². The molecule has 14 heavy (non-hydrogen) atoms. The minimum atomic E-state index is -0.648. The highest BCUT2D eigenvalue weighted by Crippen LogP contribution is 2.31. The van der Waals surface area contributed by atoms with Gasteiger partial charge in [0.15, 0.2) is 6.29 Å². The Hall–Kier alpha value is -1.75. The van der Waals surface area contributed by atoms with E-state index >= 15 is 0 Å². The predicted octanol–water partition coefficient (Wildman–Crippen LogP) is 1.36. The fourth-order valence-corrected chi connectivity index (χ4v) is 1.47. The van der Waals surface area contributed by atoms with Gasteiger partial charge >= 0.3 is 0 Å². The fourth-order valence-electron chi connectivity index (χ4n) is 1.47. The van der Waals surface area contributed by atoms with Crippen LogP contribution in [-0.2, 0) is 16.1 Å². The Kier molecular flexibility index (Phi) is 2.01. The van der Waals surface area contributed by atoms with Crippen molar-refractivity contribution in [3.05, 3.63) is 39.4 Å². The number of rotatable bonds is 2. The van der Waals surface area contributed by atoms with Crippen LogP contribution in [0.1, 0.15) is 17.2 Å². The maximum absolute atomic E-state index is 10.6. The number of non-ortho nitro benzene ring substituents is 1. The molecule has 0 fully saturated rings. The average molecular weight is 193 g/mol. The molecule has 0 saturated carbocycles. The summed E-state index contributed by atoms with van der Waals surface area (Å²) in [6.45, 7) is 0.344. The molecule has 1 aliphatic rings. The summed E-state index contributed by atoms with van der Waals surface area (Å²) in [5.74, 6) is 0. The lowest BCUT2D eigenvalue weighted by molar-refractivity contribution is -0.384. The molecule has 1 aromatic carbocycles. The van der Waals surface area contributed by atoms with Crippen molar-refractivity contribution in [1.82, 2.24) is 0 Å². The molecule has 0 N–H and O–H groups in total. The molecule has 1 aromatic rings. The largest absolute Gasteiger partial charge is 0.361 e. The number of hydrogen-bond acceptors (Lipinski definition) is 4. The van der Waals surface area contributed by atoms with Crippen molar-refractivity contribution in [2.45, 2.75) is 12.7 Å². The molecular formula is C9H7NO4. The molecule has 72 valence electrons. The van der Waals surface area contributed by atoms with Crippen molar-refractivity contribution < 1.29 is 14.5 Å². The van der Waals surface area contributed by atoms with Crippen molar-refractivity contribution >= 4 is 12.0 Å². The summed E-state index contributed by atoms with van der Waals surface area (Å²) in [7, 11) is 0. The van der Waals surface area contributed by atoms with Gasteiger partial charge in [-0.05, 0) is 11.6 Å². The summed E-state index contributed by atoms with van der Waals surface area (Å²) in [6.07, 6.45) is 0.000131. The highest BCUT2D eigenvalue weighted by atomic mass is 16.6. The second kappa shape index (κ2) is 3.19.